The predicted molar refractivity (Wildman–Crippen MR) is 56.6 cm³/mol. The molecule has 0 aliphatic carbocycles. The molecule has 0 aliphatic heterocycles. The Morgan fingerprint density at radius 3 is 2.75 bits per heavy atom. The molecule has 0 bridgehead atoms. The molecule has 0 saturated heterocycles. The third-order valence-corrected chi connectivity index (χ3v) is 3.31. The summed E-state index contributed by atoms with van der Waals surface area (Å²) >= 11 is 0. The van der Waals surface area contributed by atoms with E-state index < -0.39 is 16.0 Å². The molecule has 8 heteroatoms. The number of carboxylic acids is 1. The number of nitrogens with two attached hydrogens (primary N) is 1. The van der Waals surface area contributed by atoms with E-state index in [0.29, 0.717) is 13.0 Å². The molecule has 1 rings (SSSR count). The Morgan fingerprint density at radius 2 is 2.25 bits per heavy atom. The number of carbonyl (C=O) groups is 1. The fourth-order valence-electron chi connectivity index (χ4n) is 1.05. The maximum Gasteiger partial charge on any atom is 0.352 e. The van der Waals surface area contributed by atoms with E-state index in [1.807, 2.05) is 0 Å². The van der Waals surface area contributed by atoms with Gasteiger partial charge in [-0.2, -0.15) is 0 Å². The Morgan fingerprint density at radius 1 is 1.56 bits per heavy atom. The van der Waals surface area contributed by atoms with Crippen molar-refractivity contribution in [3.05, 3.63) is 18.0 Å². The van der Waals surface area contributed by atoms with Gasteiger partial charge < -0.3 is 15.8 Å². The minimum atomic E-state index is -3.65. The van der Waals surface area contributed by atoms with Crippen molar-refractivity contribution < 1.29 is 18.3 Å². The molecule has 0 radical (unpaired) electrons. The lowest BCUT2D eigenvalue weighted by Crippen LogP contribution is -2.25. The summed E-state index contributed by atoms with van der Waals surface area (Å²) in [5, 5.41) is 8.61. The summed E-state index contributed by atoms with van der Waals surface area (Å²) in [4.78, 5) is 12.8. The van der Waals surface area contributed by atoms with Gasteiger partial charge in [0, 0.05) is 12.7 Å². The average molecular weight is 247 g/mol. The fraction of sp³-hybridized carbons (Fsp3) is 0.375. The molecule has 1 heterocycles. The van der Waals surface area contributed by atoms with Crippen LogP contribution in [0.15, 0.2) is 17.2 Å². The zero-order valence-electron chi connectivity index (χ0n) is 8.43. The SMILES string of the molecule is NCCCNS(=O)(=O)c1c[nH]c(C(=O)O)c1. The zero-order valence-corrected chi connectivity index (χ0v) is 9.25. The summed E-state index contributed by atoms with van der Waals surface area (Å²) < 4.78 is 25.5. The van der Waals surface area contributed by atoms with Crippen LogP contribution < -0.4 is 10.5 Å². The Hall–Kier alpha value is -1.38. The second-order valence-electron chi connectivity index (χ2n) is 3.09. The molecule has 0 aromatic carbocycles. The van der Waals surface area contributed by atoms with Crippen LogP contribution in [-0.2, 0) is 10.0 Å². The van der Waals surface area contributed by atoms with E-state index in [1.54, 1.807) is 0 Å². The monoisotopic (exact) mass is 247 g/mol. The minimum Gasteiger partial charge on any atom is -0.477 e. The number of aromatic nitrogens is 1. The number of nitrogens with one attached hydrogen (secondary N) is 2. The minimum absolute atomic E-state index is 0.0954. The highest BCUT2D eigenvalue weighted by Crippen LogP contribution is 2.10. The summed E-state index contributed by atoms with van der Waals surface area (Å²) in [6.45, 7) is 0.614. The Labute approximate surface area is 92.7 Å². The van der Waals surface area contributed by atoms with Gasteiger partial charge in [0.2, 0.25) is 10.0 Å². The van der Waals surface area contributed by atoms with Crippen LogP contribution in [0.5, 0.6) is 0 Å². The quantitative estimate of drug-likeness (QED) is 0.496. The maximum atomic E-state index is 11.6. The van der Waals surface area contributed by atoms with Crippen molar-refractivity contribution in [3.63, 3.8) is 0 Å². The molecular weight excluding hydrogens is 234 g/mol. The molecule has 1 aromatic heterocycles. The first-order chi connectivity index (χ1) is 7.47. The highest BCUT2D eigenvalue weighted by molar-refractivity contribution is 7.89. The van der Waals surface area contributed by atoms with Crippen LogP contribution >= 0.6 is 0 Å². The molecule has 0 saturated carbocycles. The van der Waals surface area contributed by atoms with Gasteiger partial charge in [-0.05, 0) is 19.0 Å². The smallest absolute Gasteiger partial charge is 0.352 e. The van der Waals surface area contributed by atoms with Crippen molar-refractivity contribution in [3.8, 4) is 0 Å². The molecule has 7 nitrogen and oxygen atoms in total. The lowest BCUT2D eigenvalue weighted by molar-refractivity contribution is 0.0691. The van der Waals surface area contributed by atoms with Gasteiger partial charge >= 0.3 is 5.97 Å². The standard InChI is InChI=1S/C8H13N3O4S/c9-2-1-3-11-16(14,15)6-4-7(8(12)13)10-5-6/h4-5,10-11H,1-3,9H2,(H,12,13). The number of sulfonamides is 1. The molecule has 16 heavy (non-hydrogen) atoms. The van der Waals surface area contributed by atoms with Crippen molar-refractivity contribution in [1.82, 2.24) is 9.71 Å². The normalized spacial score (nSPS) is 11.6. The van der Waals surface area contributed by atoms with Crippen LogP contribution in [0.4, 0.5) is 0 Å². The van der Waals surface area contributed by atoms with Gasteiger partial charge in [0.05, 0.1) is 0 Å². The zero-order chi connectivity index (χ0) is 12.2. The van der Waals surface area contributed by atoms with Crippen LogP contribution in [0.25, 0.3) is 0 Å². The number of carboxylic acid groups (broad SMARTS) is 1. The van der Waals surface area contributed by atoms with Crippen molar-refractivity contribution in [1.29, 1.82) is 0 Å². The Bertz CT molecular complexity index is 465. The van der Waals surface area contributed by atoms with Gasteiger partial charge in [-0.15, -0.1) is 0 Å². The van der Waals surface area contributed by atoms with Crippen molar-refractivity contribution in [2.75, 3.05) is 13.1 Å². The summed E-state index contributed by atoms with van der Waals surface area (Å²) in [6, 6.07) is 1.06. The molecular formula is C8H13N3O4S. The Balaban J connectivity index is 2.78. The first kappa shape index (κ1) is 12.7. The van der Waals surface area contributed by atoms with Crippen LogP contribution in [0.2, 0.25) is 0 Å². The van der Waals surface area contributed by atoms with Crippen LogP contribution in [0, 0.1) is 0 Å². The van der Waals surface area contributed by atoms with Gasteiger partial charge in [0.15, 0.2) is 0 Å². The van der Waals surface area contributed by atoms with E-state index >= 15 is 0 Å². The van der Waals surface area contributed by atoms with Crippen LogP contribution in [0.3, 0.4) is 0 Å². The highest BCUT2D eigenvalue weighted by Gasteiger charge is 2.17. The molecule has 0 amide bonds. The van der Waals surface area contributed by atoms with Gasteiger partial charge in [-0.25, -0.2) is 17.9 Å². The lowest BCUT2D eigenvalue weighted by Gasteiger charge is -2.02. The Kier molecular flexibility index (Phi) is 4.05. The second kappa shape index (κ2) is 5.10. The lowest BCUT2D eigenvalue weighted by atomic mass is 10.4. The van der Waals surface area contributed by atoms with E-state index in [0.717, 1.165) is 12.3 Å². The van der Waals surface area contributed by atoms with Gasteiger partial charge in [0.25, 0.3) is 0 Å². The summed E-state index contributed by atoms with van der Waals surface area (Å²) in [5.41, 5.74) is 5.05. The third-order valence-electron chi connectivity index (χ3n) is 1.87. The van der Waals surface area contributed by atoms with E-state index in [4.69, 9.17) is 10.8 Å². The highest BCUT2D eigenvalue weighted by atomic mass is 32.2. The molecule has 0 unspecified atom stereocenters. The van der Waals surface area contributed by atoms with Crippen LogP contribution in [0.1, 0.15) is 16.9 Å². The number of H-pyrrole nitrogens is 1. The number of rotatable bonds is 6. The van der Waals surface area contributed by atoms with Gasteiger partial charge in [-0.3, -0.25) is 0 Å². The van der Waals surface area contributed by atoms with E-state index in [2.05, 4.69) is 9.71 Å². The first-order valence-corrected chi connectivity index (χ1v) is 6.07. The van der Waals surface area contributed by atoms with Crippen molar-refractivity contribution in [2.24, 2.45) is 5.73 Å². The third kappa shape index (κ3) is 3.05. The topological polar surface area (TPSA) is 125 Å². The molecule has 0 atom stereocenters. The second-order valence-corrected chi connectivity index (χ2v) is 4.86. The predicted octanol–water partition coefficient (Wildman–Crippen LogP) is -0.660. The number of aromatic amines is 1. The summed E-state index contributed by atoms with van der Waals surface area (Å²) in [6.07, 6.45) is 1.66. The molecule has 90 valence electrons. The van der Waals surface area contributed by atoms with E-state index in [1.165, 1.54) is 0 Å². The van der Waals surface area contributed by atoms with Gasteiger partial charge in [-0.1, -0.05) is 0 Å². The van der Waals surface area contributed by atoms with E-state index in [9.17, 15) is 13.2 Å². The number of hydrogen-bond donors (Lipinski definition) is 4. The first-order valence-electron chi connectivity index (χ1n) is 4.59. The summed E-state index contributed by atoms with van der Waals surface area (Å²) in [5.74, 6) is -1.21. The maximum absolute atomic E-state index is 11.6. The van der Waals surface area contributed by atoms with Gasteiger partial charge in [0.1, 0.15) is 10.6 Å². The van der Waals surface area contributed by atoms with Crippen molar-refractivity contribution >= 4 is 16.0 Å². The molecule has 0 spiro atoms. The molecule has 0 aliphatic rings. The summed E-state index contributed by atoms with van der Waals surface area (Å²) in [7, 11) is -3.65. The number of hydrogen-bond acceptors (Lipinski definition) is 4. The largest absolute Gasteiger partial charge is 0.477 e. The fourth-order valence-corrected chi connectivity index (χ4v) is 2.11. The molecule has 1 aromatic rings. The number of aromatic carboxylic acids is 1. The molecule has 5 N–H and O–H groups in total. The van der Waals surface area contributed by atoms with Crippen LogP contribution in [-0.4, -0.2) is 37.6 Å². The van der Waals surface area contributed by atoms with Crippen molar-refractivity contribution in [2.45, 2.75) is 11.3 Å². The average Bonchev–Trinajstić information content (AvgIpc) is 2.67. The van der Waals surface area contributed by atoms with E-state index in [-0.39, 0.29) is 17.1 Å². The molecule has 0 fully saturated rings.